The number of aliphatic hydroxyl groups is 1. The molecule has 1 unspecified atom stereocenters. The highest BCUT2D eigenvalue weighted by Crippen LogP contribution is 2.19. The maximum atomic E-state index is 9.90. The number of hydrogen-bond donors (Lipinski definition) is 2. The SMILES string of the molecule is CCc1ccc(OCC(O)CNCc2cc(Br)cs2)cc1. The monoisotopic (exact) mass is 369 g/mol. The summed E-state index contributed by atoms with van der Waals surface area (Å²) in [5, 5.41) is 15.2. The molecule has 0 aliphatic carbocycles. The van der Waals surface area contributed by atoms with Crippen LogP contribution < -0.4 is 10.1 Å². The number of ether oxygens (including phenoxy) is 1. The van der Waals surface area contributed by atoms with Crippen molar-refractivity contribution in [1.29, 1.82) is 0 Å². The van der Waals surface area contributed by atoms with Gasteiger partial charge in [0.2, 0.25) is 0 Å². The van der Waals surface area contributed by atoms with Gasteiger partial charge in [-0.3, -0.25) is 0 Å². The van der Waals surface area contributed by atoms with Crippen molar-refractivity contribution in [2.24, 2.45) is 0 Å². The smallest absolute Gasteiger partial charge is 0.119 e. The van der Waals surface area contributed by atoms with E-state index in [4.69, 9.17) is 4.74 Å². The first-order chi connectivity index (χ1) is 10.2. The van der Waals surface area contributed by atoms with Crippen LogP contribution in [0.2, 0.25) is 0 Å². The van der Waals surface area contributed by atoms with E-state index in [-0.39, 0.29) is 0 Å². The number of aliphatic hydroxyl groups excluding tert-OH is 1. The van der Waals surface area contributed by atoms with Crippen molar-refractivity contribution in [3.63, 3.8) is 0 Å². The van der Waals surface area contributed by atoms with E-state index < -0.39 is 6.10 Å². The highest BCUT2D eigenvalue weighted by atomic mass is 79.9. The topological polar surface area (TPSA) is 41.5 Å². The van der Waals surface area contributed by atoms with Gasteiger partial charge in [-0.2, -0.15) is 0 Å². The van der Waals surface area contributed by atoms with E-state index in [1.54, 1.807) is 11.3 Å². The molecular formula is C16H20BrNO2S. The van der Waals surface area contributed by atoms with Crippen LogP contribution in [0.15, 0.2) is 40.2 Å². The minimum Gasteiger partial charge on any atom is -0.491 e. The van der Waals surface area contributed by atoms with Crippen LogP contribution >= 0.6 is 27.3 Å². The fourth-order valence-corrected chi connectivity index (χ4v) is 3.30. The Morgan fingerprint density at radius 3 is 2.71 bits per heavy atom. The van der Waals surface area contributed by atoms with Gasteiger partial charge < -0.3 is 15.2 Å². The van der Waals surface area contributed by atoms with Crippen molar-refractivity contribution in [3.05, 3.63) is 50.6 Å². The fraction of sp³-hybridized carbons (Fsp3) is 0.375. The molecular weight excluding hydrogens is 350 g/mol. The Morgan fingerprint density at radius 2 is 2.10 bits per heavy atom. The summed E-state index contributed by atoms with van der Waals surface area (Å²) >= 11 is 5.12. The van der Waals surface area contributed by atoms with Gasteiger partial charge in [-0.05, 0) is 46.1 Å². The molecule has 0 saturated heterocycles. The van der Waals surface area contributed by atoms with Crippen molar-refractivity contribution in [2.45, 2.75) is 26.0 Å². The first kappa shape index (κ1) is 16.5. The molecule has 0 radical (unpaired) electrons. The summed E-state index contributed by atoms with van der Waals surface area (Å²) in [6.45, 7) is 3.70. The lowest BCUT2D eigenvalue weighted by Gasteiger charge is -2.13. The van der Waals surface area contributed by atoms with Crippen LogP contribution in [0.25, 0.3) is 0 Å². The Balaban J connectivity index is 1.65. The second-order valence-corrected chi connectivity index (χ2v) is 6.74. The van der Waals surface area contributed by atoms with Gasteiger partial charge in [0.05, 0.1) is 0 Å². The molecule has 0 amide bonds. The Hall–Kier alpha value is -0.880. The largest absolute Gasteiger partial charge is 0.491 e. The quantitative estimate of drug-likeness (QED) is 0.746. The Labute approximate surface area is 138 Å². The molecule has 2 rings (SSSR count). The second-order valence-electron chi connectivity index (χ2n) is 4.82. The Kier molecular flexibility index (Phi) is 6.70. The molecule has 3 nitrogen and oxygen atoms in total. The molecule has 2 N–H and O–H groups in total. The number of nitrogens with one attached hydrogen (secondary N) is 1. The minimum atomic E-state index is -0.515. The molecule has 0 aliphatic heterocycles. The van der Waals surface area contributed by atoms with E-state index in [1.165, 1.54) is 10.4 Å². The molecule has 1 aromatic carbocycles. The molecule has 5 heteroatoms. The predicted molar refractivity (Wildman–Crippen MR) is 91.0 cm³/mol. The maximum absolute atomic E-state index is 9.90. The molecule has 2 aromatic rings. The van der Waals surface area contributed by atoms with Crippen LogP contribution in [0.1, 0.15) is 17.4 Å². The summed E-state index contributed by atoms with van der Waals surface area (Å²) in [6.07, 6.45) is 0.505. The molecule has 0 fully saturated rings. The Morgan fingerprint density at radius 1 is 1.33 bits per heavy atom. The van der Waals surface area contributed by atoms with Crippen LogP contribution in [-0.2, 0) is 13.0 Å². The third kappa shape index (κ3) is 5.79. The third-order valence-electron chi connectivity index (χ3n) is 3.07. The number of hydrogen-bond acceptors (Lipinski definition) is 4. The summed E-state index contributed by atoms with van der Waals surface area (Å²) in [4.78, 5) is 1.24. The van der Waals surface area contributed by atoms with Crippen molar-refractivity contribution in [3.8, 4) is 5.75 Å². The normalized spacial score (nSPS) is 12.3. The molecule has 0 aliphatic rings. The van der Waals surface area contributed by atoms with Gasteiger partial charge in [0.25, 0.3) is 0 Å². The number of benzene rings is 1. The maximum Gasteiger partial charge on any atom is 0.119 e. The second kappa shape index (κ2) is 8.54. The number of aryl methyl sites for hydroxylation is 1. The Bertz CT molecular complexity index is 541. The average Bonchev–Trinajstić information content (AvgIpc) is 2.91. The van der Waals surface area contributed by atoms with Crippen molar-refractivity contribution in [1.82, 2.24) is 5.32 Å². The van der Waals surface area contributed by atoms with E-state index >= 15 is 0 Å². The van der Waals surface area contributed by atoms with E-state index in [0.29, 0.717) is 13.2 Å². The summed E-state index contributed by atoms with van der Waals surface area (Å²) in [5.41, 5.74) is 1.28. The van der Waals surface area contributed by atoms with Gasteiger partial charge in [0.15, 0.2) is 0 Å². The zero-order valence-corrected chi connectivity index (χ0v) is 14.4. The average molecular weight is 370 g/mol. The van der Waals surface area contributed by atoms with Gasteiger partial charge in [-0.1, -0.05) is 19.1 Å². The van der Waals surface area contributed by atoms with Crippen LogP contribution in [0.4, 0.5) is 0 Å². The molecule has 1 atom stereocenters. The van der Waals surface area contributed by atoms with Crippen LogP contribution in [0.5, 0.6) is 5.75 Å². The minimum absolute atomic E-state index is 0.298. The zero-order valence-electron chi connectivity index (χ0n) is 12.0. The van der Waals surface area contributed by atoms with E-state index in [9.17, 15) is 5.11 Å². The summed E-state index contributed by atoms with van der Waals surface area (Å²) in [5.74, 6) is 0.799. The van der Waals surface area contributed by atoms with Crippen molar-refractivity contribution >= 4 is 27.3 Å². The van der Waals surface area contributed by atoms with E-state index in [2.05, 4.69) is 51.7 Å². The number of halogens is 1. The van der Waals surface area contributed by atoms with Crippen LogP contribution in [0, 0.1) is 0 Å². The molecule has 1 aromatic heterocycles. The number of rotatable bonds is 8. The highest BCUT2D eigenvalue weighted by molar-refractivity contribution is 9.10. The van der Waals surface area contributed by atoms with Gasteiger partial charge in [-0.25, -0.2) is 0 Å². The number of thiophene rings is 1. The molecule has 0 saturated carbocycles. The van der Waals surface area contributed by atoms with Gasteiger partial charge in [-0.15, -0.1) is 11.3 Å². The van der Waals surface area contributed by atoms with E-state index in [0.717, 1.165) is 23.2 Å². The van der Waals surface area contributed by atoms with Crippen molar-refractivity contribution in [2.75, 3.05) is 13.2 Å². The van der Waals surface area contributed by atoms with Crippen molar-refractivity contribution < 1.29 is 9.84 Å². The first-order valence-corrected chi connectivity index (χ1v) is 8.68. The third-order valence-corrected chi connectivity index (χ3v) is 4.77. The standard InChI is InChI=1S/C16H20BrNO2S/c1-2-12-3-5-15(6-4-12)20-10-14(19)8-18-9-16-7-13(17)11-21-16/h3-7,11,14,18-19H,2,8-10H2,1H3. The first-order valence-electron chi connectivity index (χ1n) is 7.01. The molecule has 0 bridgehead atoms. The van der Waals surface area contributed by atoms with Gasteiger partial charge >= 0.3 is 0 Å². The zero-order chi connectivity index (χ0) is 15.1. The van der Waals surface area contributed by atoms with E-state index in [1.807, 2.05) is 12.1 Å². The van der Waals surface area contributed by atoms with Crippen LogP contribution in [0.3, 0.4) is 0 Å². The van der Waals surface area contributed by atoms with Gasteiger partial charge in [0.1, 0.15) is 18.5 Å². The summed E-state index contributed by atoms with van der Waals surface area (Å²) in [6, 6.07) is 10.1. The molecule has 0 spiro atoms. The lowest BCUT2D eigenvalue weighted by atomic mass is 10.2. The molecule has 1 heterocycles. The highest BCUT2D eigenvalue weighted by Gasteiger charge is 2.06. The summed E-state index contributed by atoms with van der Waals surface area (Å²) in [7, 11) is 0. The summed E-state index contributed by atoms with van der Waals surface area (Å²) < 4.78 is 6.68. The van der Waals surface area contributed by atoms with Gasteiger partial charge in [0, 0.05) is 27.8 Å². The lowest BCUT2D eigenvalue weighted by molar-refractivity contribution is 0.106. The predicted octanol–water partition coefficient (Wildman–Crippen LogP) is 3.60. The molecule has 114 valence electrons. The lowest BCUT2D eigenvalue weighted by Crippen LogP contribution is -2.30. The molecule has 21 heavy (non-hydrogen) atoms. The van der Waals surface area contributed by atoms with Crippen LogP contribution in [-0.4, -0.2) is 24.4 Å². The fourth-order valence-electron chi connectivity index (χ4n) is 1.88.